The SMILES string of the molecule is CN1CCN(C(=O)c2cc3c([nH]c2=O)CCCC3=O)CC1. The quantitative estimate of drug-likeness (QED) is 0.806. The van der Waals surface area contributed by atoms with Crippen LogP contribution in [0.25, 0.3) is 0 Å². The zero-order valence-corrected chi connectivity index (χ0v) is 12.1. The molecule has 1 amide bonds. The number of rotatable bonds is 1. The normalized spacial score (nSPS) is 19.5. The van der Waals surface area contributed by atoms with Gasteiger partial charge in [0.2, 0.25) is 0 Å². The van der Waals surface area contributed by atoms with E-state index in [0.717, 1.165) is 19.5 Å². The molecule has 0 radical (unpaired) electrons. The largest absolute Gasteiger partial charge is 0.336 e. The Balaban J connectivity index is 1.91. The number of fused-ring (bicyclic) bond motifs is 1. The molecule has 1 aliphatic carbocycles. The van der Waals surface area contributed by atoms with Crippen molar-refractivity contribution in [2.24, 2.45) is 0 Å². The number of hydrogen-bond acceptors (Lipinski definition) is 4. The number of amides is 1. The number of nitrogens with zero attached hydrogens (tertiary/aromatic N) is 2. The van der Waals surface area contributed by atoms with Crippen molar-refractivity contribution in [3.63, 3.8) is 0 Å². The van der Waals surface area contributed by atoms with Gasteiger partial charge in [-0.2, -0.15) is 0 Å². The van der Waals surface area contributed by atoms with Gasteiger partial charge in [-0.3, -0.25) is 14.4 Å². The highest BCUT2D eigenvalue weighted by atomic mass is 16.2. The number of piperazine rings is 1. The molecule has 0 bridgehead atoms. The van der Waals surface area contributed by atoms with Crippen molar-refractivity contribution < 1.29 is 9.59 Å². The van der Waals surface area contributed by atoms with Crippen LogP contribution in [-0.4, -0.2) is 59.7 Å². The zero-order chi connectivity index (χ0) is 15.0. The molecule has 0 spiro atoms. The summed E-state index contributed by atoms with van der Waals surface area (Å²) in [5.74, 6) is -0.259. The lowest BCUT2D eigenvalue weighted by Crippen LogP contribution is -2.48. The average molecular weight is 289 g/mol. The van der Waals surface area contributed by atoms with E-state index in [-0.39, 0.29) is 22.8 Å². The Morgan fingerprint density at radius 2 is 1.86 bits per heavy atom. The molecule has 1 aromatic heterocycles. The Hall–Kier alpha value is -1.95. The molecule has 0 atom stereocenters. The summed E-state index contributed by atoms with van der Waals surface area (Å²) in [6.07, 6.45) is 1.94. The fourth-order valence-electron chi connectivity index (χ4n) is 2.91. The molecule has 1 saturated heterocycles. The first-order valence-electron chi connectivity index (χ1n) is 7.33. The summed E-state index contributed by atoms with van der Waals surface area (Å²) in [6.45, 7) is 2.82. The molecule has 21 heavy (non-hydrogen) atoms. The van der Waals surface area contributed by atoms with E-state index < -0.39 is 0 Å². The standard InChI is InChI=1S/C15H19N3O3/c1-17-5-7-18(8-6-17)15(21)11-9-10-12(16-14(11)20)3-2-4-13(10)19/h9H,2-8H2,1H3,(H,16,20). The minimum absolute atomic E-state index is 0.0138. The van der Waals surface area contributed by atoms with E-state index in [0.29, 0.717) is 37.2 Å². The number of hydrogen-bond donors (Lipinski definition) is 1. The van der Waals surface area contributed by atoms with Crippen molar-refractivity contribution in [1.29, 1.82) is 0 Å². The van der Waals surface area contributed by atoms with Crippen LogP contribution in [0.5, 0.6) is 0 Å². The molecular weight excluding hydrogens is 270 g/mol. The highest BCUT2D eigenvalue weighted by Crippen LogP contribution is 2.19. The summed E-state index contributed by atoms with van der Waals surface area (Å²) in [6, 6.07) is 1.50. The highest BCUT2D eigenvalue weighted by Gasteiger charge is 2.26. The maximum atomic E-state index is 12.5. The maximum absolute atomic E-state index is 12.5. The maximum Gasteiger partial charge on any atom is 0.261 e. The lowest BCUT2D eigenvalue weighted by molar-refractivity contribution is 0.0662. The fraction of sp³-hybridized carbons (Fsp3) is 0.533. The summed E-state index contributed by atoms with van der Waals surface area (Å²) in [7, 11) is 2.01. The van der Waals surface area contributed by atoms with E-state index in [1.54, 1.807) is 4.90 Å². The molecule has 0 unspecified atom stereocenters. The first-order chi connectivity index (χ1) is 10.1. The fourth-order valence-corrected chi connectivity index (χ4v) is 2.91. The number of nitrogens with one attached hydrogen (secondary N) is 1. The predicted octanol–water partition coefficient (Wildman–Crippen LogP) is 0.282. The molecule has 6 nitrogen and oxygen atoms in total. The van der Waals surface area contributed by atoms with E-state index >= 15 is 0 Å². The number of carbonyl (C=O) groups is 2. The number of aromatic amines is 1. The summed E-state index contributed by atoms with van der Waals surface area (Å²) in [5, 5.41) is 0. The Kier molecular flexibility index (Phi) is 3.63. The second-order valence-electron chi connectivity index (χ2n) is 5.78. The molecule has 0 saturated carbocycles. The number of aromatic nitrogens is 1. The summed E-state index contributed by atoms with van der Waals surface area (Å²) in [4.78, 5) is 43.1. The number of likely N-dealkylation sites (N-methyl/N-ethyl adjacent to an activating group) is 1. The van der Waals surface area contributed by atoms with Gasteiger partial charge in [-0.05, 0) is 26.0 Å². The number of H-pyrrole nitrogens is 1. The third kappa shape index (κ3) is 2.63. The Labute approximate surface area is 122 Å². The van der Waals surface area contributed by atoms with Crippen LogP contribution in [0.2, 0.25) is 0 Å². The summed E-state index contributed by atoms with van der Waals surface area (Å²) < 4.78 is 0. The second-order valence-corrected chi connectivity index (χ2v) is 5.78. The topological polar surface area (TPSA) is 73.5 Å². The Morgan fingerprint density at radius 3 is 2.57 bits per heavy atom. The number of Topliss-reactive ketones (excluding diaryl/α,β-unsaturated/α-hetero) is 1. The average Bonchev–Trinajstić information content (AvgIpc) is 2.47. The monoisotopic (exact) mass is 289 g/mol. The summed E-state index contributed by atoms with van der Waals surface area (Å²) >= 11 is 0. The smallest absolute Gasteiger partial charge is 0.261 e. The molecule has 112 valence electrons. The third-order valence-corrected chi connectivity index (χ3v) is 4.27. The second kappa shape index (κ2) is 5.44. The van der Waals surface area contributed by atoms with Gasteiger partial charge in [0.15, 0.2) is 5.78 Å². The van der Waals surface area contributed by atoms with Crippen molar-refractivity contribution in [3.8, 4) is 0 Å². The van der Waals surface area contributed by atoms with Crippen molar-refractivity contribution in [2.75, 3.05) is 33.2 Å². The van der Waals surface area contributed by atoms with Crippen molar-refractivity contribution in [3.05, 3.63) is 33.2 Å². The molecule has 1 fully saturated rings. The van der Waals surface area contributed by atoms with Gasteiger partial charge in [0.05, 0.1) is 0 Å². The number of ketones is 1. The minimum Gasteiger partial charge on any atom is -0.336 e. The van der Waals surface area contributed by atoms with Crippen LogP contribution in [0.4, 0.5) is 0 Å². The van der Waals surface area contributed by atoms with Gasteiger partial charge in [0.25, 0.3) is 11.5 Å². The first kappa shape index (κ1) is 14.0. The van der Waals surface area contributed by atoms with Gasteiger partial charge in [-0.15, -0.1) is 0 Å². The van der Waals surface area contributed by atoms with Gasteiger partial charge in [0.1, 0.15) is 5.56 Å². The van der Waals surface area contributed by atoms with E-state index in [1.165, 1.54) is 6.07 Å². The van der Waals surface area contributed by atoms with Crippen LogP contribution in [0.15, 0.2) is 10.9 Å². The lowest BCUT2D eigenvalue weighted by atomic mass is 9.93. The van der Waals surface area contributed by atoms with Crippen LogP contribution >= 0.6 is 0 Å². The molecule has 3 rings (SSSR count). The van der Waals surface area contributed by atoms with Crippen molar-refractivity contribution in [2.45, 2.75) is 19.3 Å². The molecule has 1 N–H and O–H groups in total. The highest BCUT2D eigenvalue weighted by molar-refractivity contribution is 6.01. The van der Waals surface area contributed by atoms with E-state index in [4.69, 9.17) is 0 Å². The van der Waals surface area contributed by atoms with Crippen LogP contribution < -0.4 is 5.56 Å². The number of aryl methyl sites for hydroxylation is 1. The van der Waals surface area contributed by atoms with Gasteiger partial charge < -0.3 is 14.8 Å². The number of carbonyl (C=O) groups excluding carboxylic acids is 2. The summed E-state index contributed by atoms with van der Waals surface area (Å²) in [5.41, 5.74) is 0.894. The molecular formula is C15H19N3O3. The van der Waals surface area contributed by atoms with Gasteiger partial charge in [0, 0.05) is 43.9 Å². The molecule has 2 aliphatic rings. The molecule has 0 aromatic carbocycles. The molecule has 1 aromatic rings. The van der Waals surface area contributed by atoms with Gasteiger partial charge >= 0.3 is 0 Å². The number of pyridine rings is 1. The minimum atomic E-state index is -0.382. The van der Waals surface area contributed by atoms with Crippen LogP contribution in [0.3, 0.4) is 0 Å². The first-order valence-corrected chi connectivity index (χ1v) is 7.33. The van der Waals surface area contributed by atoms with E-state index in [9.17, 15) is 14.4 Å². The Bertz CT molecular complexity index is 642. The third-order valence-electron chi connectivity index (χ3n) is 4.27. The zero-order valence-electron chi connectivity index (χ0n) is 12.1. The van der Waals surface area contributed by atoms with Gasteiger partial charge in [-0.1, -0.05) is 0 Å². The van der Waals surface area contributed by atoms with E-state index in [1.807, 2.05) is 7.05 Å². The molecule has 1 aliphatic heterocycles. The Morgan fingerprint density at radius 1 is 1.14 bits per heavy atom. The van der Waals surface area contributed by atoms with Crippen LogP contribution in [0.1, 0.15) is 39.3 Å². The van der Waals surface area contributed by atoms with Crippen LogP contribution in [-0.2, 0) is 6.42 Å². The van der Waals surface area contributed by atoms with Gasteiger partial charge in [-0.25, -0.2) is 0 Å². The lowest BCUT2D eigenvalue weighted by Gasteiger charge is -2.32. The predicted molar refractivity (Wildman–Crippen MR) is 77.7 cm³/mol. The van der Waals surface area contributed by atoms with Crippen molar-refractivity contribution in [1.82, 2.24) is 14.8 Å². The van der Waals surface area contributed by atoms with Crippen molar-refractivity contribution >= 4 is 11.7 Å². The molecule has 6 heteroatoms. The molecule has 2 heterocycles. The van der Waals surface area contributed by atoms with E-state index in [2.05, 4.69) is 9.88 Å². The van der Waals surface area contributed by atoms with Crippen LogP contribution in [0, 0.1) is 0 Å².